The molecule has 1 aliphatic carbocycles. The largest absolute Gasteiger partial charge is 0.352 e. The quantitative estimate of drug-likeness (QED) is 0.795. The average molecular weight is 353 g/mol. The van der Waals surface area contributed by atoms with Gasteiger partial charge < -0.3 is 15.2 Å². The maximum atomic E-state index is 12.5. The highest BCUT2D eigenvalue weighted by Crippen LogP contribution is 2.32. The summed E-state index contributed by atoms with van der Waals surface area (Å²) in [6.45, 7) is 2.23. The van der Waals surface area contributed by atoms with Crippen LogP contribution in [0, 0.1) is 5.92 Å². The van der Waals surface area contributed by atoms with Gasteiger partial charge in [0, 0.05) is 18.8 Å². The highest BCUT2D eigenvalue weighted by atomic mass is 16.2. The van der Waals surface area contributed by atoms with Gasteiger partial charge in [0.25, 0.3) is 11.5 Å². The van der Waals surface area contributed by atoms with Crippen LogP contribution in [-0.2, 0) is 17.9 Å². The van der Waals surface area contributed by atoms with E-state index in [9.17, 15) is 14.4 Å². The van der Waals surface area contributed by atoms with Crippen molar-refractivity contribution in [3.8, 4) is 0 Å². The van der Waals surface area contributed by atoms with E-state index >= 15 is 0 Å². The molecule has 1 atom stereocenters. The third-order valence-corrected chi connectivity index (χ3v) is 4.59. The Morgan fingerprint density at radius 3 is 2.58 bits per heavy atom. The Morgan fingerprint density at radius 2 is 1.88 bits per heavy atom. The van der Waals surface area contributed by atoms with Gasteiger partial charge in [-0.25, -0.2) is 0 Å². The number of hydrogen-bond acceptors (Lipinski definition) is 3. The first-order valence-electron chi connectivity index (χ1n) is 8.85. The standard InChI is InChI=1S/C20H23N3O3/c1-14(16-9-10-16)22-18(24)13-23-11-5-8-17(20(23)26)19(25)21-12-15-6-3-2-4-7-15/h2-8,11,14,16H,9-10,12-13H2,1H3,(H,21,25)(H,22,24)/t14-/m1/s1. The summed E-state index contributed by atoms with van der Waals surface area (Å²) in [4.78, 5) is 37.0. The Kier molecular flexibility index (Phi) is 5.51. The molecule has 136 valence electrons. The Labute approximate surface area is 152 Å². The molecule has 0 aliphatic heterocycles. The number of rotatable bonds is 7. The minimum absolute atomic E-state index is 0.0338. The second kappa shape index (κ2) is 7.99. The van der Waals surface area contributed by atoms with E-state index in [0.717, 1.165) is 18.4 Å². The van der Waals surface area contributed by atoms with Crippen LogP contribution in [-0.4, -0.2) is 22.4 Å². The van der Waals surface area contributed by atoms with Gasteiger partial charge in [-0.3, -0.25) is 14.4 Å². The van der Waals surface area contributed by atoms with E-state index in [0.29, 0.717) is 12.5 Å². The number of carbonyl (C=O) groups is 2. The van der Waals surface area contributed by atoms with Crippen LogP contribution in [0.1, 0.15) is 35.7 Å². The molecular weight excluding hydrogens is 330 g/mol. The summed E-state index contributed by atoms with van der Waals surface area (Å²) in [6.07, 6.45) is 3.80. The molecular formula is C20H23N3O3. The third-order valence-electron chi connectivity index (χ3n) is 4.59. The van der Waals surface area contributed by atoms with Gasteiger partial charge in [0.1, 0.15) is 12.1 Å². The molecule has 0 spiro atoms. The van der Waals surface area contributed by atoms with E-state index < -0.39 is 11.5 Å². The molecule has 1 aromatic carbocycles. The molecule has 6 heteroatoms. The number of nitrogens with zero attached hydrogens (tertiary/aromatic N) is 1. The molecule has 1 aromatic heterocycles. The molecule has 3 rings (SSSR count). The molecule has 0 saturated heterocycles. The molecule has 0 radical (unpaired) electrons. The van der Waals surface area contributed by atoms with Crippen LogP contribution in [0.3, 0.4) is 0 Å². The van der Waals surface area contributed by atoms with Gasteiger partial charge in [-0.15, -0.1) is 0 Å². The van der Waals surface area contributed by atoms with Gasteiger partial charge in [0.15, 0.2) is 0 Å². The van der Waals surface area contributed by atoms with Crippen molar-refractivity contribution in [3.63, 3.8) is 0 Å². The van der Waals surface area contributed by atoms with Gasteiger partial charge >= 0.3 is 0 Å². The van der Waals surface area contributed by atoms with Crippen LogP contribution in [0.4, 0.5) is 0 Å². The number of carbonyl (C=O) groups excluding carboxylic acids is 2. The van der Waals surface area contributed by atoms with Gasteiger partial charge in [0.05, 0.1) is 0 Å². The summed E-state index contributed by atoms with van der Waals surface area (Å²) in [7, 11) is 0. The molecule has 1 aliphatic rings. The minimum Gasteiger partial charge on any atom is -0.352 e. The van der Waals surface area contributed by atoms with E-state index in [4.69, 9.17) is 0 Å². The monoisotopic (exact) mass is 353 g/mol. The molecule has 26 heavy (non-hydrogen) atoms. The second-order valence-corrected chi connectivity index (χ2v) is 6.72. The van der Waals surface area contributed by atoms with Gasteiger partial charge in [-0.2, -0.15) is 0 Å². The van der Waals surface area contributed by atoms with Crippen molar-refractivity contribution in [2.45, 2.75) is 38.9 Å². The predicted octanol–water partition coefficient (Wildman–Crippen LogP) is 1.69. The maximum absolute atomic E-state index is 12.5. The highest BCUT2D eigenvalue weighted by Gasteiger charge is 2.28. The summed E-state index contributed by atoms with van der Waals surface area (Å²) in [5, 5.41) is 5.65. The van der Waals surface area contributed by atoms with Gasteiger partial charge in [0.2, 0.25) is 5.91 Å². The summed E-state index contributed by atoms with van der Waals surface area (Å²) in [5.74, 6) is -0.112. The van der Waals surface area contributed by atoms with Gasteiger partial charge in [-0.1, -0.05) is 30.3 Å². The minimum atomic E-state index is -0.465. The van der Waals surface area contributed by atoms with Gasteiger partial charge in [-0.05, 0) is 43.4 Å². The van der Waals surface area contributed by atoms with E-state index in [1.165, 1.54) is 16.8 Å². The zero-order chi connectivity index (χ0) is 18.5. The first-order valence-corrected chi connectivity index (χ1v) is 8.85. The lowest BCUT2D eigenvalue weighted by molar-refractivity contribution is -0.122. The number of pyridine rings is 1. The van der Waals surface area contributed by atoms with E-state index in [1.54, 1.807) is 6.07 Å². The molecule has 2 amide bonds. The molecule has 2 N–H and O–H groups in total. The molecule has 1 saturated carbocycles. The lowest BCUT2D eigenvalue weighted by atomic mass is 10.2. The first kappa shape index (κ1) is 17.9. The van der Waals surface area contributed by atoms with E-state index in [-0.39, 0.29) is 24.1 Å². The Hall–Kier alpha value is -2.89. The molecule has 1 heterocycles. The van der Waals surface area contributed by atoms with Crippen molar-refractivity contribution in [1.82, 2.24) is 15.2 Å². The molecule has 2 aromatic rings. The summed E-state index contributed by atoms with van der Waals surface area (Å²) in [5.41, 5.74) is 0.518. The van der Waals surface area contributed by atoms with Crippen molar-refractivity contribution in [2.75, 3.05) is 0 Å². The lowest BCUT2D eigenvalue weighted by Crippen LogP contribution is -2.39. The fourth-order valence-corrected chi connectivity index (χ4v) is 2.88. The van der Waals surface area contributed by atoms with Crippen LogP contribution in [0.5, 0.6) is 0 Å². The molecule has 0 unspecified atom stereocenters. The molecule has 1 fully saturated rings. The highest BCUT2D eigenvalue weighted by molar-refractivity contribution is 5.93. The van der Waals surface area contributed by atoms with Crippen molar-refractivity contribution < 1.29 is 9.59 Å². The zero-order valence-electron chi connectivity index (χ0n) is 14.8. The SMILES string of the molecule is C[C@@H](NC(=O)Cn1cccc(C(=O)NCc2ccccc2)c1=O)C1CC1. The average Bonchev–Trinajstić information content (AvgIpc) is 3.47. The summed E-state index contributed by atoms with van der Waals surface area (Å²) in [6, 6.07) is 12.7. The smallest absolute Gasteiger partial charge is 0.263 e. The van der Waals surface area contributed by atoms with Crippen LogP contribution >= 0.6 is 0 Å². The van der Waals surface area contributed by atoms with Crippen LogP contribution in [0.2, 0.25) is 0 Å². The summed E-state index contributed by atoms with van der Waals surface area (Å²) >= 11 is 0. The van der Waals surface area contributed by atoms with Crippen LogP contribution in [0.15, 0.2) is 53.5 Å². The normalized spacial score (nSPS) is 14.5. The first-order chi connectivity index (χ1) is 12.5. The Balaban J connectivity index is 1.63. The predicted molar refractivity (Wildman–Crippen MR) is 98.6 cm³/mol. The van der Waals surface area contributed by atoms with E-state index in [2.05, 4.69) is 10.6 Å². The zero-order valence-corrected chi connectivity index (χ0v) is 14.8. The van der Waals surface area contributed by atoms with Crippen molar-refractivity contribution >= 4 is 11.8 Å². The van der Waals surface area contributed by atoms with Crippen LogP contribution in [0.25, 0.3) is 0 Å². The van der Waals surface area contributed by atoms with Crippen LogP contribution < -0.4 is 16.2 Å². The second-order valence-electron chi connectivity index (χ2n) is 6.72. The third kappa shape index (κ3) is 4.59. The van der Waals surface area contributed by atoms with Crippen molar-refractivity contribution in [3.05, 3.63) is 70.1 Å². The van der Waals surface area contributed by atoms with Crippen molar-refractivity contribution in [2.24, 2.45) is 5.92 Å². The Morgan fingerprint density at radius 1 is 1.15 bits per heavy atom. The fraction of sp³-hybridized carbons (Fsp3) is 0.350. The lowest BCUT2D eigenvalue weighted by Gasteiger charge is -2.14. The number of nitrogens with one attached hydrogen (secondary N) is 2. The molecule has 0 bridgehead atoms. The number of hydrogen-bond donors (Lipinski definition) is 2. The Bertz CT molecular complexity index is 841. The fourth-order valence-electron chi connectivity index (χ4n) is 2.88. The summed E-state index contributed by atoms with van der Waals surface area (Å²) < 4.78 is 1.27. The molecule has 6 nitrogen and oxygen atoms in total. The number of benzene rings is 1. The maximum Gasteiger partial charge on any atom is 0.263 e. The number of aromatic nitrogens is 1. The topological polar surface area (TPSA) is 80.2 Å². The van der Waals surface area contributed by atoms with E-state index in [1.807, 2.05) is 37.3 Å². The number of amides is 2. The van der Waals surface area contributed by atoms with Crippen molar-refractivity contribution in [1.29, 1.82) is 0 Å².